The minimum absolute atomic E-state index is 0.217. The molecule has 7 aromatic carbocycles. The Hall–Kier alpha value is -5.74. The zero-order valence-electron chi connectivity index (χ0n) is 35.8. The van der Waals surface area contributed by atoms with E-state index in [0.717, 1.165) is 46.4 Å². The van der Waals surface area contributed by atoms with Crippen molar-refractivity contribution in [2.45, 2.75) is 63.9 Å². The van der Waals surface area contributed by atoms with Crippen LogP contribution >= 0.6 is 39.5 Å². The molecule has 0 atom stereocenters. The van der Waals surface area contributed by atoms with Crippen LogP contribution in [0.5, 0.6) is 11.5 Å². The first-order valence-corrected chi connectivity index (χ1v) is 24.5. The predicted octanol–water partition coefficient (Wildman–Crippen LogP) is 15.3. The molecule has 7 aromatic rings. The van der Waals surface area contributed by atoms with Gasteiger partial charge in [0.15, 0.2) is 9.84 Å². The summed E-state index contributed by atoms with van der Waals surface area (Å²) in [6, 6.07) is 47.3. The molecule has 2 heterocycles. The molecule has 0 aliphatic carbocycles. The number of aryl methyl sites for hydroxylation is 1. The summed E-state index contributed by atoms with van der Waals surface area (Å²) in [6.07, 6.45) is -7.56. The average molecular weight is 1030 g/mol. The number of fused-ring (bicyclic) bond motifs is 4. The van der Waals surface area contributed by atoms with Crippen molar-refractivity contribution < 1.29 is 44.2 Å². The lowest BCUT2D eigenvalue weighted by molar-refractivity contribution is -0.275. The van der Waals surface area contributed by atoms with Gasteiger partial charge in [-0.15, -0.1) is 26.3 Å². The van der Waals surface area contributed by atoms with Gasteiger partial charge in [0.25, 0.3) is 0 Å². The van der Waals surface area contributed by atoms with Crippen molar-refractivity contribution in [1.29, 1.82) is 0 Å². The molecule has 0 saturated carbocycles. The van der Waals surface area contributed by atoms with E-state index in [2.05, 4.69) is 97.6 Å². The second kappa shape index (κ2) is 21.1. The molecule has 0 bridgehead atoms. The van der Waals surface area contributed by atoms with Gasteiger partial charge in [0.05, 0.1) is 4.90 Å². The Kier molecular flexibility index (Phi) is 15.5. The third kappa shape index (κ3) is 13.7. The van der Waals surface area contributed by atoms with Gasteiger partial charge in [-0.3, -0.25) is 4.99 Å². The molecule has 0 fully saturated rings. The topological polar surface area (TPSA) is 65.0 Å². The standard InChI is InChI=1S/C23H21NO2S2.C22H15F3OS.C7H4BrF3O/c1-16-7-10-21(11-8-16)28(25,26)15-24-17(2)18-9-12-23-20(13-18)14-19-5-3-4-6-22(19)27-23;1-14(15-6-9-19(10-7-15)26-22(23,24)25)16-8-11-21-18(12-16)13-17-4-2-3-5-20(17)27-21;8-5-1-3-6(4-2-5)12-7(9,10)11/h3-13H,14-15H2,1-2H3;2-12H,1,13H2;1-4H. The normalized spacial score (nSPS) is 12.9. The monoisotopic (exact) mass is 1030 g/mol. The van der Waals surface area contributed by atoms with Gasteiger partial charge in [0, 0.05) is 29.8 Å². The summed E-state index contributed by atoms with van der Waals surface area (Å²) in [7, 11) is -3.43. The smallest absolute Gasteiger partial charge is 0.406 e. The maximum Gasteiger partial charge on any atom is 0.573 e. The highest BCUT2D eigenvalue weighted by atomic mass is 79.9. The molecular formula is C52H40BrF6NO4S3. The molecule has 0 unspecified atom stereocenters. The highest BCUT2D eigenvalue weighted by molar-refractivity contribution is 9.10. The van der Waals surface area contributed by atoms with Gasteiger partial charge in [0.2, 0.25) is 0 Å². The molecule has 2 aliphatic rings. The molecule has 9 rings (SSSR count). The number of hydrogen-bond donors (Lipinski definition) is 0. The molecule has 344 valence electrons. The van der Waals surface area contributed by atoms with Gasteiger partial charge < -0.3 is 9.47 Å². The van der Waals surface area contributed by atoms with Crippen molar-refractivity contribution >= 4 is 60.6 Å². The van der Waals surface area contributed by atoms with E-state index in [0.29, 0.717) is 9.37 Å². The Labute approximate surface area is 402 Å². The van der Waals surface area contributed by atoms with E-state index < -0.39 is 22.6 Å². The van der Waals surface area contributed by atoms with Crippen molar-refractivity contribution in [1.82, 2.24) is 0 Å². The van der Waals surface area contributed by atoms with Crippen LogP contribution in [0.2, 0.25) is 0 Å². The van der Waals surface area contributed by atoms with Crippen LogP contribution in [0.4, 0.5) is 26.3 Å². The first-order chi connectivity index (χ1) is 31.8. The number of hydrogen-bond acceptors (Lipinski definition) is 7. The van der Waals surface area contributed by atoms with E-state index in [1.54, 1.807) is 47.8 Å². The van der Waals surface area contributed by atoms with Crippen LogP contribution in [0, 0.1) is 6.92 Å². The zero-order chi connectivity index (χ0) is 47.9. The predicted molar refractivity (Wildman–Crippen MR) is 257 cm³/mol. The van der Waals surface area contributed by atoms with E-state index >= 15 is 0 Å². The molecule has 2 aliphatic heterocycles. The third-order valence-corrected chi connectivity index (χ3v) is 14.8. The van der Waals surface area contributed by atoms with Gasteiger partial charge in [-0.25, -0.2) is 8.42 Å². The van der Waals surface area contributed by atoms with Crippen molar-refractivity contribution in [2.75, 3.05) is 5.88 Å². The molecule has 0 spiro atoms. The lowest BCUT2D eigenvalue weighted by Crippen LogP contribution is -2.17. The summed E-state index contributed by atoms with van der Waals surface area (Å²) >= 11 is 6.62. The minimum atomic E-state index is -4.69. The summed E-state index contributed by atoms with van der Waals surface area (Å²) < 4.78 is 105. The Morgan fingerprint density at radius 3 is 1.54 bits per heavy atom. The molecule has 67 heavy (non-hydrogen) atoms. The Bertz CT molecular complexity index is 3030. The number of alkyl halides is 6. The Morgan fingerprint density at radius 1 is 0.597 bits per heavy atom. The molecule has 0 aromatic heterocycles. The van der Waals surface area contributed by atoms with Crippen LogP contribution in [-0.4, -0.2) is 32.7 Å². The maximum atomic E-state index is 12.5. The summed E-state index contributed by atoms with van der Waals surface area (Å²) in [5.74, 6) is -0.695. The SMILES string of the molecule is C=C(c1ccc(OC(F)(F)F)cc1)c1ccc2c(c1)Cc1ccccc1S2.CC(=NCS(=O)(=O)c1ccc(C)cc1)c1ccc2c(c1)Cc1ccccc1S2.FC(F)(F)Oc1ccc(Br)cc1. The third-order valence-electron chi connectivity index (χ3n) is 10.4. The van der Waals surface area contributed by atoms with Crippen molar-refractivity contribution in [2.24, 2.45) is 4.99 Å². The van der Waals surface area contributed by atoms with Crippen LogP contribution in [0.3, 0.4) is 0 Å². The number of nitrogens with zero attached hydrogens (tertiary/aromatic N) is 1. The van der Waals surface area contributed by atoms with E-state index in [1.165, 1.54) is 78.2 Å². The summed E-state index contributed by atoms with van der Waals surface area (Å²) in [5, 5.41) is 0. The molecule has 0 radical (unpaired) electrons. The van der Waals surface area contributed by atoms with Gasteiger partial charge >= 0.3 is 12.7 Å². The molecule has 0 saturated heterocycles. The molecule has 0 N–H and O–H groups in total. The Balaban J connectivity index is 0.000000161. The lowest BCUT2D eigenvalue weighted by Gasteiger charge is -2.20. The van der Waals surface area contributed by atoms with Crippen LogP contribution < -0.4 is 9.47 Å². The minimum Gasteiger partial charge on any atom is -0.406 e. The highest BCUT2D eigenvalue weighted by Gasteiger charge is 2.32. The first-order valence-electron chi connectivity index (χ1n) is 20.4. The number of sulfone groups is 1. The summed E-state index contributed by atoms with van der Waals surface area (Å²) in [6.45, 7) is 7.93. The van der Waals surface area contributed by atoms with Gasteiger partial charge in [0.1, 0.15) is 17.4 Å². The molecule has 15 heteroatoms. The number of aliphatic imine (C=N–C) groups is 1. The fraction of sp³-hybridized carbons (Fsp3) is 0.135. The fourth-order valence-electron chi connectivity index (χ4n) is 6.95. The molecular weight excluding hydrogens is 993 g/mol. The van der Waals surface area contributed by atoms with Crippen LogP contribution in [-0.2, 0) is 22.7 Å². The summed E-state index contributed by atoms with van der Waals surface area (Å²) in [4.78, 5) is 9.74. The van der Waals surface area contributed by atoms with Crippen LogP contribution in [0.15, 0.2) is 198 Å². The fourth-order valence-corrected chi connectivity index (χ4v) is 10.4. The lowest BCUT2D eigenvalue weighted by atomic mass is 9.95. The summed E-state index contributed by atoms with van der Waals surface area (Å²) in [5.41, 5.74) is 10.3. The van der Waals surface area contributed by atoms with Crippen LogP contribution in [0.1, 0.15) is 51.4 Å². The van der Waals surface area contributed by atoms with Gasteiger partial charge in [-0.05, 0) is 156 Å². The molecule has 5 nitrogen and oxygen atoms in total. The first kappa shape index (κ1) is 49.2. The number of ether oxygens (including phenoxy) is 2. The van der Waals surface area contributed by atoms with Crippen LogP contribution in [0.25, 0.3) is 5.57 Å². The van der Waals surface area contributed by atoms with Gasteiger partial charge in [-0.2, -0.15) is 0 Å². The quantitative estimate of drug-likeness (QED) is 0.112. The number of rotatable bonds is 8. The van der Waals surface area contributed by atoms with E-state index in [4.69, 9.17) is 0 Å². The van der Waals surface area contributed by atoms with Gasteiger partial charge in [-0.1, -0.05) is 124 Å². The number of halogens is 7. The molecule has 0 amide bonds. The second-order valence-electron chi connectivity index (χ2n) is 15.3. The van der Waals surface area contributed by atoms with E-state index in [-0.39, 0.29) is 17.4 Å². The average Bonchev–Trinajstić information content (AvgIpc) is 3.29. The number of benzene rings is 7. The largest absolute Gasteiger partial charge is 0.573 e. The maximum absolute atomic E-state index is 12.5. The highest BCUT2D eigenvalue weighted by Crippen LogP contribution is 2.42. The van der Waals surface area contributed by atoms with Crippen molar-refractivity contribution in [3.8, 4) is 11.5 Å². The second-order valence-corrected chi connectivity index (χ2v) is 20.3. The zero-order valence-corrected chi connectivity index (χ0v) is 39.8. The van der Waals surface area contributed by atoms with Crippen molar-refractivity contribution in [3.63, 3.8) is 0 Å². The van der Waals surface area contributed by atoms with E-state index in [1.807, 2.05) is 50.2 Å². The Morgan fingerprint density at radius 2 is 1.03 bits per heavy atom. The van der Waals surface area contributed by atoms with E-state index in [9.17, 15) is 34.8 Å². The van der Waals surface area contributed by atoms with Crippen molar-refractivity contribution in [3.05, 3.63) is 213 Å².